The van der Waals surface area contributed by atoms with Gasteiger partial charge in [0.1, 0.15) is 4.90 Å². The molecule has 4 N–H and O–H groups in total. The maximum absolute atomic E-state index is 12.2. The van der Waals surface area contributed by atoms with Crippen LogP contribution in [0.2, 0.25) is 0 Å². The second kappa shape index (κ2) is 6.36. The minimum Gasteiger partial charge on any atom is -0.397 e. The molecule has 0 bridgehead atoms. The highest BCUT2D eigenvalue weighted by Gasteiger charge is 2.20. The van der Waals surface area contributed by atoms with Crippen LogP contribution in [-0.4, -0.2) is 26.2 Å². The summed E-state index contributed by atoms with van der Waals surface area (Å²) in [4.78, 5) is 0.157. The molecule has 0 aliphatic carbocycles. The van der Waals surface area contributed by atoms with Crippen molar-refractivity contribution in [2.75, 3.05) is 12.3 Å². The molecular formula is C13H22N2O3S. The highest BCUT2D eigenvalue weighted by atomic mass is 32.2. The van der Waals surface area contributed by atoms with Gasteiger partial charge in [-0.2, -0.15) is 0 Å². The van der Waals surface area contributed by atoms with E-state index in [-0.39, 0.29) is 4.90 Å². The molecule has 0 aromatic heterocycles. The molecule has 6 heteroatoms. The Labute approximate surface area is 114 Å². The van der Waals surface area contributed by atoms with Crippen molar-refractivity contribution in [1.29, 1.82) is 0 Å². The van der Waals surface area contributed by atoms with Crippen molar-refractivity contribution < 1.29 is 13.5 Å². The molecule has 0 amide bonds. The molecule has 1 aromatic carbocycles. The molecule has 108 valence electrons. The summed E-state index contributed by atoms with van der Waals surface area (Å²) in [7, 11) is -3.60. The number of rotatable bonds is 6. The Kier molecular flexibility index (Phi) is 5.34. The van der Waals surface area contributed by atoms with Gasteiger partial charge in [-0.3, -0.25) is 0 Å². The number of hydrogen-bond donors (Lipinski definition) is 3. The van der Waals surface area contributed by atoms with Crippen LogP contribution in [-0.2, 0) is 10.0 Å². The molecule has 1 rings (SSSR count). The van der Waals surface area contributed by atoms with Crippen LogP contribution in [0.1, 0.15) is 30.9 Å². The molecule has 1 atom stereocenters. The van der Waals surface area contributed by atoms with Crippen LogP contribution < -0.4 is 10.5 Å². The Bertz CT molecular complexity index is 539. The molecule has 19 heavy (non-hydrogen) atoms. The van der Waals surface area contributed by atoms with Gasteiger partial charge >= 0.3 is 0 Å². The van der Waals surface area contributed by atoms with E-state index in [1.165, 1.54) is 0 Å². The molecule has 0 heterocycles. The summed E-state index contributed by atoms with van der Waals surface area (Å²) in [6, 6.07) is 3.55. The maximum Gasteiger partial charge on any atom is 0.242 e. The zero-order valence-electron chi connectivity index (χ0n) is 11.6. The van der Waals surface area contributed by atoms with Gasteiger partial charge in [-0.1, -0.05) is 12.1 Å². The summed E-state index contributed by atoms with van der Waals surface area (Å²) in [6.45, 7) is 5.47. The number of nitrogens with one attached hydrogen (secondary N) is 1. The fourth-order valence-electron chi connectivity index (χ4n) is 1.84. The second-order valence-corrected chi connectivity index (χ2v) is 6.53. The number of sulfonamides is 1. The molecule has 0 saturated heterocycles. The van der Waals surface area contributed by atoms with Crippen molar-refractivity contribution >= 4 is 15.7 Å². The fraction of sp³-hybridized carbons (Fsp3) is 0.538. The minimum absolute atomic E-state index is 0.157. The van der Waals surface area contributed by atoms with E-state index in [2.05, 4.69) is 4.72 Å². The van der Waals surface area contributed by atoms with Crippen molar-refractivity contribution in [1.82, 2.24) is 4.72 Å². The lowest BCUT2D eigenvalue weighted by Crippen LogP contribution is -2.27. The first-order valence-corrected chi connectivity index (χ1v) is 7.77. The lowest BCUT2D eigenvalue weighted by atomic mass is 10.1. The van der Waals surface area contributed by atoms with Gasteiger partial charge in [-0.25, -0.2) is 13.1 Å². The van der Waals surface area contributed by atoms with Crippen LogP contribution in [0.5, 0.6) is 0 Å². The van der Waals surface area contributed by atoms with Gasteiger partial charge in [0.05, 0.1) is 11.8 Å². The molecule has 0 saturated carbocycles. The molecule has 0 radical (unpaired) electrons. The average molecular weight is 286 g/mol. The Morgan fingerprint density at radius 3 is 2.47 bits per heavy atom. The van der Waals surface area contributed by atoms with E-state index < -0.39 is 16.1 Å². The first-order chi connectivity index (χ1) is 8.75. The lowest BCUT2D eigenvalue weighted by Gasteiger charge is -2.13. The van der Waals surface area contributed by atoms with Crippen molar-refractivity contribution in [3.63, 3.8) is 0 Å². The van der Waals surface area contributed by atoms with Crippen LogP contribution >= 0.6 is 0 Å². The standard InChI is InChI=1S/C13H22N2O3S/c1-9-6-7-10(2)13(12(9)14)19(17,18)15-8-4-5-11(3)16/h6-7,11,15-16H,4-5,8,14H2,1-3H3. The lowest BCUT2D eigenvalue weighted by molar-refractivity contribution is 0.182. The number of aliphatic hydroxyl groups is 1. The first kappa shape index (κ1) is 15.9. The number of benzene rings is 1. The molecule has 1 unspecified atom stereocenters. The van der Waals surface area contributed by atoms with Crippen molar-refractivity contribution in [3.05, 3.63) is 23.3 Å². The Morgan fingerprint density at radius 1 is 1.32 bits per heavy atom. The molecule has 0 aliphatic heterocycles. The highest BCUT2D eigenvalue weighted by Crippen LogP contribution is 2.25. The molecule has 0 spiro atoms. The average Bonchev–Trinajstić information content (AvgIpc) is 2.29. The van der Waals surface area contributed by atoms with E-state index in [9.17, 15) is 8.42 Å². The van der Waals surface area contributed by atoms with E-state index in [4.69, 9.17) is 10.8 Å². The summed E-state index contributed by atoms with van der Waals surface area (Å²) >= 11 is 0. The SMILES string of the molecule is Cc1ccc(C)c(S(=O)(=O)NCCCC(C)O)c1N. The van der Waals surface area contributed by atoms with Gasteiger partial charge in [0.25, 0.3) is 0 Å². The maximum atomic E-state index is 12.2. The summed E-state index contributed by atoms with van der Waals surface area (Å²) in [6.07, 6.45) is 0.724. The van der Waals surface area contributed by atoms with E-state index in [1.807, 2.05) is 0 Å². The van der Waals surface area contributed by atoms with E-state index in [0.29, 0.717) is 30.6 Å². The largest absolute Gasteiger partial charge is 0.397 e. The van der Waals surface area contributed by atoms with Crippen molar-refractivity contribution in [2.45, 2.75) is 44.6 Å². The van der Waals surface area contributed by atoms with Gasteiger partial charge in [-0.15, -0.1) is 0 Å². The third-order valence-corrected chi connectivity index (χ3v) is 4.63. The topological polar surface area (TPSA) is 92.4 Å². The highest BCUT2D eigenvalue weighted by molar-refractivity contribution is 7.89. The van der Waals surface area contributed by atoms with Crippen LogP contribution in [0.3, 0.4) is 0 Å². The summed E-state index contributed by atoms with van der Waals surface area (Å²) in [5.41, 5.74) is 7.53. The molecular weight excluding hydrogens is 264 g/mol. The molecule has 1 aromatic rings. The number of aliphatic hydroxyl groups excluding tert-OH is 1. The van der Waals surface area contributed by atoms with Crippen LogP contribution in [0.15, 0.2) is 17.0 Å². The third kappa shape index (κ3) is 4.19. The zero-order valence-corrected chi connectivity index (χ0v) is 12.4. The van der Waals surface area contributed by atoms with Crippen LogP contribution in [0, 0.1) is 13.8 Å². The van der Waals surface area contributed by atoms with Gasteiger partial charge < -0.3 is 10.8 Å². The number of hydrogen-bond acceptors (Lipinski definition) is 4. The predicted molar refractivity (Wildman–Crippen MR) is 76.4 cm³/mol. The smallest absolute Gasteiger partial charge is 0.242 e. The zero-order chi connectivity index (χ0) is 14.6. The predicted octanol–water partition coefficient (Wildman–Crippen LogP) is 1.32. The van der Waals surface area contributed by atoms with Gasteiger partial charge in [0.2, 0.25) is 10.0 Å². The number of aryl methyl sites for hydroxylation is 2. The molecule has 5 nitrogen and oxygen atoms in total. The Hall–Kier alpha value is -1.11. The summed E-state index contributed by atoms with van der Waals surface area (Å²) < 4.78 is 27.0. The van der Waals surface area contributed by atoms with E-state index in [0.717, 1.165) is 5.56 Å². The molecule has 0 fully saturated rings. The van der Waals surface area contributed by atoms with Gasteiger partial charge in [0, 0.05) is 6.54 Å². The fourth-order valence-corrected chi connectivity index (χ4v) is 3.34. The normalized spacial score (nSPS) is 13.5. The Balaban J connectivity index is 2.86. The summed E-state index contributed by atoms with van der Waals surface area (Å²) in [5.74, 6) is 0. The van der Waals surface area contributed by atoms with Crippen molar-refractivity contribution in [2.24, 2.45) is 0 Å². The van der Waals surface area contributed by atoms with E-state index in [1.54, 1.807) is 32.9 Å². The van der Waals surface area contributed by atoms with E-state index >= 15 is 0 Å². The first-order valence-electron chi connectivity index (χ1n) is 6.29. The monoisotopic (exact) mass is 286 g/mol. The van der Waals surface area contributed by atoms with Crippen LogP contribution in [0.25, 0.3) is 0 Å². The number of nitrogens with two attached hydrogens (primary N) is 1. The van der Waals surface area contributed by atoms with Crippen LogP contribution in [0.4, 0.5) is 5.69 Å². The number of anilines is 1. The Morgan fingerprint density at radius 2 is 1.89 bits per heavy atom. The molecule has 0 aliphatic rings. The van der Waals surface area contributed by atoms with Crippen molar-refractivity contribution in [3.8, 4) is 0 Å². The summed E-state index contributed by atoms with van der Waals surface area (Å²) in [5, 5.41) is 9.13. The third-order valence-electron chi connectivity index (χ3n) is 2.97. The second-order valence-electron chi connectivity index (χ2n) is 4.83. The van der Waals surface area contributed by atoms with Gasteiger partial charge in [-0.05, 0) is 44.7 Å². The quantitative estimate of drug-likeness (QED) is 0.543. The minimum atomic E-state index is -3.60. The number of nitrogen functional groups attached to an aromatic ring is 1. The van der Waals surface area contributed by atoms with Gasteiger partial charge in [0.15, 0.2) is 0 Å².